The highest BCUT2D eigenvalue weighted by Crippen LogP contribution is 2.38. The van der Waals surface area contributed by atoms with Crippen molar-refractivity contribution in [3.05, 3.63) is 63.5 Å². The van der Waals surface area contributed by atoms with Crippen molar-refractivity contribution < 1.29 is 14.3 Å². The molecular weight excluding hydrogens is 372 g/mol. The molecule has 0 atom stereocenters. The normalized spacial score (nSPS) is 15.2. The van der Waals surface area contributed by atoms with E-state index in [9.17, 15) is 4.79 Å². The molecule has 2 aromatic rings. The van der Waals surface area contributed by atoms with Crippen LogP contribution in [0.1, 0.15) is 18.1 Å². The Hall–Kier alpha value is -2.44. The van der Waals surface area contributed by atoms with Crippen molar-refractivity contribution in [2.75, 3.05) is 6.61 Å². The van der Waals surface area contributed by atoms with Crippen LogP contribution in [0.3, 0.4) is 0 Å². The first kappa shape index (κ1) is 18.4. The predicted octanol–water partition coefficient (Wildman–Crippen LogP) is 4.46. The average molecular weight is 389 g/mol. The topological polar surface area (TPSA) is 71.4 Å². The highest BCUT2D eigenvalue weighted by molar-refractivity contribution is 8.18. The van der Waals surface area contributed by atoms with Crippen LogP contribution in [0, 0.1) is 5.41 Å². The van der Waals surface area contributed by atoms with Gasteiger partial charge in [0.1, 0.15) is 6.61 Å². The third-order valence-corrected chi connectivity index (χ3v) is 4.63. The van der Waals surface area contributed by atoms with E-state index >= 15 is 0 Å². The fourth-order valence-corrected chi connectivity index (χ4v) is 3.37. The molecule has 1 amide bonds. The zero-order valence-electron chi connectivity index (χ0n) is 14.0. The first-order chi connectivity index (χ1) is 12.6. The lowest BCUT2D eigenvalue weighted by Gasteiger charge is -2.14. The van der Waals surface area contributed by atoms with Gasteiger partial charge in [0.05, 0.1) is 16.5 Å². The number of ether oxygens (including phenoxy) is 2. The Kier molecular flexibility index (Phi) is 5.85. The van der Waals surface area contributed by atoms with Crippen LogP contribution in [0.25, 0.3) is 6.08 Å². The van der Waals surface area contributed by atoms with Crippen molar-refractivity contribution in [1.82, 2.24) is 5.32 Å². The number of amidine groups is 1. The largest absolute Gasteiger partial charge is 0.490 e. The van der Waals surface area contributed by atoms with E-state index in [0.717, 1.165) is 17.3 Å². The molecule has 0 radical (unpaired) electrons. The number of hydrogen-bond donors (Lipinski definition) is 2. The Balaban J connectivity index is 1.87. The Morgan fingerprint density at radius 3 is 2.65 bits per heavy atom. The molecule has 0 spiro atoms. The summed E-state index contributed by atoms with van der Waals surface area (Å²) in [5, 5.41) is 10.5. The van der Waals surface area contributed by atoms with Gasteiger partial charge in [0.15, 0.2) is 16.7 Å². The van der Waals surface area contributed by atoms with Crippen molar-refractivity contribution in [2.45, 2.75) is 13.5 Å². The molecule has 7 heteroatoms. The molecule has 0 aromatic heterocycles. The molecular formula is C19H17ClN2O3S. The maximum atomic E-state index is 11.8. The molecule has 5 nitrogen and oxygen atoms in total. The highest BCUT2D eigenvalue weighted by atomic mass is 35.5. The molecule has 2 aromatic carbocycles. The summed E-state index contributed by atoms with van der Waals surface area (Å²) in [5.41, 5.74) is 1.73. The second-order valence-corrected chi connectivity index (χ2v) is 6.89. The lowest BCUT2D eigenvalue weighted by molar-refractivity contribution is -0.115. The van der Waals surface area contributed by atoms with E-state index in [1.165, 1.54) is 0 Å². The standard InChI is InChI=1S/C19H17ClN2O3S/c1-2-24-15-9-13(10-16-18(23)22-19(21)26-16)8-14(20)17(15)25-11-12-6-4-3-5-7-12/h3-10H,2,11H2,1H3,(H2,21,22,23). The summed E-state index contributed by atoms with van der Waals surface area (Å²) in [5.74, 6) is 0.690. The fourth-order valence-electron chi connectivity index (χ4n) is 2.40. The Bertz CT molecular complexity index is 869. The van der Waals surface area contributed by atoms with E-state index in [1.54, 1.807) is 18.2 Å². The third-order valence-electron chi connectivity index (χ3n) is 3.52. The van der Waals surface area contributed by atoms with E-state index in [-0.39, 0.29) is 11.1 Å². The number of rotatable bonds is 6. The molecule has 0 aliphatic carbocycles. The molecule has 2 N–H and O–H groups in total. The van der Waals surface area contributed by atoms with Crippen molar-refractivity contribution in [1.29, 1.82) is 5.41 Å². The smallest absolute Gasteiger partial charge is 0.264 e. The lowest BCUT2D eigenvalue weighted by atomic mass is 10.1. The number of carbonyl (C=O) groups is 1. The molecule has 134 valence electrons. The molecule has 1 aliphatic heterocycles. The molecule has 1 heterocycles. The summed E-state index contributed by atoms with van der Waals surface area (Å²) in [6.07, 6.45) is 1.68. The molecule has 1 fully saturated rings. The van der Waals surface area contributed by atoms with Crippen LogP contribution in [-0.4, -0.2) is 17.7 Å². The third kappa shape index (κ3) is 4.39. The van der Waals surface area contributed by atoms with Gasteiger partial charge in [-0.05, 0) is 48.0 Å². The van der Waals surface area contributed by atoms with Gasteiger partial charge in [-0.15, -0.1) is 0 Å². The zero-order valence-corrected chi connectivity index (χ0v) is 15.6. The molecule has 0 bridgehead atoms. The highest BCUT2D eigenvalue weighted by Gasteiger charge is 2.22. The van der Waals surface area contributed by atoms with Gasteiger partial charge in [-0.3, -0.25) is 10.2 Å². The van der Waals surface area contributed by atoms with Gasteiger partial charge in [-0.25, -0.2) is 0 Å². The number of thioether (sulfide) groups is 1. The van der Waals surface area contributed by atoms with Crippen LogP contribution in [0.4, 0.5) is 0 Å². The molecule has 0 saturated carbocycles. The number of halogens is 1. The number of amides is 1. The Labute approximate surface area is 160 Å². The first-order valence-corrected chi connectivity index (χ1v) is 9.18. The maximum absolute atomic E-state index is 11.8. The molecule has 1 saturated heterocycles. The van der Waals surface area contributed by atoms with Crippen LogP contribution >= 0.6 is 23.4 Å². The van der Waals surface area contributed by atoms with Crippen LogP contribution in [0.2, 0.25) is 5.02 Å². The maximum Gasteiger partial charge on any atom is 0.264 e. The minimum Gasteiger partial charge on any atom is -0.490 e. The van der Waals surface area contributed by atoms with E-state index in [4.69, 9.17) is 26.5 Å². The van der Waals surface area contributed by atoms with Crippen molar-refractivity contribution in [3.8, 4) is 11.5 Å². The quantitative estimate of drug-likeness (QED) is 0.717. The van der Waals surface area contributed by atoms with E-state index in [0.29, 0.717) is 40.2 Å². The van der Waals surface area contributed by atoms with Gasteiger partial charge in [0, 0.05) is 0 Å². The van der Waals surface area contributed by atoms with E-state index in [1.807, 2.05) is 37.3 Å². The van der Waals surface area contributed by atoms with Crippen LogP contribution in [-0.2, 0) is 11.4 Å². The minimum absolute atomic E-state index is 0.111. The van der Waals surface area contributed by atoms with Crippen LogP contribution < -0.4 is 14.8 Å². The lowest BCUT2D eigenvalue weighted by Crippen LogP contribution is -2.18. The molecule has 1 aliphatic rings. The monoisotopic (exact) mass is 388 g/mol. The zero-order chi connectivity index (χ0) is 18.5. The van der Waals surface area contributed by atoms with Crippen molar-refractivity contribution >= 4 is 40.5 Å². The second-order valence-electron chi connectivity index (χ2n) is 5.43. The average Bonchev–Trinajstić information content (AvgIpc) is 2.92. The van der Waals surface area contributed by atoms with Crippen LogP contribution in [0.15, 0.2) is 47.4 Å². The summed E-state index contributed by atoms with van der Waals surface area (Å²) in [4.78, 5) is 12.2. The van der Waals surface area contributed by atoms with Gasteiger partial charge in [-0.2, -0.15) is 0 Å². The van der Waals surface area contributed by atoms with Gasteiger partial charge < -0.3 is 14.8 Å². The summed E-state index contributed by atoms with van der Waals surface area (Å²) in [6, 6.07) is 13.3. The fraction of sp³-hybridized carbons (Fsp3) is 0.158. The van der Waals surface area contributed by atoms with Gasteiger partial charge in [-0.1, -0.05) is 41.9 Å². The number of hydrogen-bond acceptors (Lipinski definition) is 5. The Morgan fingerprint density at radius 2 is 2.00 bits per heavy atom. The van der Waals surface area contributed by atoms with E-state index < -0.39 is 0 Å². The van der Waals surface area contributed by atoms with Crippen molar-refractivity contribution in [3.63, 3.8) is 0 Å². The summed E-state index contributed by atoms with van der Waals surface area (Å²) in [6.45, 7) is 2.70. The van der Waals surface area contributed by atoms with Gasteiger partial charge >= 0.3 is 0 Å². The van der Waals surface area contributed by atoms with Crippen molar-refractivity contribution in [2.24, 2.45) is 0 Å². The number of benzene rings is 2. The van der Waals surface area contributed by atoms with Gasteiger partial charge in [0.25, 0.3) is 5.91 Å². The summed E-state index contributed by atoms with van der Waals surface area (Å²) in [7, 11) is 0. The summed E-state index contributed by atoms with van der Waals surface area (Å²) >= 11 is 7.48. The van der Waals surface area contributed by atoms with Crippen LogP contribution in [0.5, 0.6) is 11.5 Å². The molecule has 26 heavy (non-hydrogen) atoms. The molecule has 3 rings (SSSR count). The minimum atomic E-state index is -0.293. The second kappa shape index (κ2) is 8.29. The Morgan fingerprint density at radius 1 is 1.23 bits per heavy atom. The number of nitrogens with one attached hydrogen (secondary N) is 2. The SMILES string of the molecule is CCOc1cc(C=C2SC(=N)NC2=O)cc(Cl)c1OCc1ccccc1. The number of carbonyl (C=O) groups excluding carboxylic acids is 1. The van der Waals surface area contributed by atoms with E-state index in [2.05, 4.69) is 5.32 Å². The summed E-state index contributed by atoms with van der Waals surface area (Å²) < 4.78 is 11.5. The first-order valence-electron chi connectivity index (χ1n) is 7.99. The van der Waals surface area contributed by atoms with Gasteiger partial charge in [0.2, 0.25) is 0 Å². The predicted molar refractivity (Wildman–Crippen MR) is 105 cm³/mol. The molecule has 0 unspecified atom stereocenters.